The van der Waals surface area contributed by atoms with Gasteiger partial charge in [0.15, 0.2) is 16.3 Å². The summed E-state index contributed by atoms with van der Waals surface area (Å²) < 4.78 is 4.49. The molecule has 0 bridgehead atoms. The fraction of sp³-hybridized carbons (Fsp3) is 0.556. The second kappa shape index (κ2) is 3.73. The molecule has 2 rings (SSSR count). The van der Waals surface area contributed by atoms with Gasteiger partial charge in [-0.2, -0.15) is 0 Å². The average Bonchev–Trinajstić information content (AvgIpc) is 2.62. The molecule has 0 aromatic rings. The number of rotatable bonds is 1. The molecule has 0 saturated carbocycles. The van der Waals surface area contributed by atoms with Crippen LogP contribution in [0.25, 0.3) is 0 Å². The van der Waals surface area contributed by atoms with Gasteiger partial charge in [-0.3, -0.25) is 4.79 Å². The Labute approximate surface area is 90.3 Å². The van der Waals surface area contributed by atoms with Gasteiger partial charge in [-0.1, -0.05) is 6.08 Å². The highest BCUT2D eigenvalue weighted by Gasteiger charge is 2.41. The lowest BCUT2D eigenvalue weighted by Crippen LogP contribution is -2.45. The van der Waals surface area contributed by atoms with E-state index in [0.717, 1.165) is 12.8 Å². The maximum absolute atomic E-state index is 11.5. The standard InChI is InChI=1S/C9H10BrNO3/c10-14-9(13)7-5-4-6-2-1-3-8(12)11(6)7/h1,3,6-7H,2,4-5H2. The van der Waals surface area contributed by atoms with E-state index in [1.165, 1.54) is 6.08 Å². The average molecular weight is 260 g/mol. The lowest BCUT2D eigenvalue weighted by atomic mass is 10.1. The van der Waals surface area contributed by atoms with E-state index in [4.69, 9.17) is 0 Å². The molecule has 1 amide bonds. The molecule has 1 fully saturated rings. The third-order valence-corrected chi connectivity index (χ3v) is 3.09. The number of fused-ring (bicyclic) bond motifs is 1. The highest BCUT2D eigenvalue weighted by atomic mass is 79.9. The maximum atomic E-state index is 11.5. The van der Waals surface area contributed by atoms with Gasteiger partial charge >= 0.3 is 5.97 Å². The molecule has 2 heterocycles. The molecule has 0 spiro atoms. The Balaban J connectivity index is 2.19. The summed E-state index contributed by atoms with van der Waals surface area (Å²) in [5.41, 5.74) is 0. The predicted octanol–water partition coefficient (Wildman–Crippen LogP) is 1.16. The van der Waals surface area contributed by atoms with Gasteiger partial charge in [0, 0.05) is 6.04 Å². The third kappa shape index (κ3) is 1.45. The molecule has 0 aromatic heterocycles. The first kappa shape index (κ1) is 9.71. The van der Waals surface area contributed by atoms with E-state index in [9.17, 15) is 9.59 Å². The molecule has 4 nitrogen and oxygen atoms in total. The Kier molecular flexibility index (Phi) is 2.58. The lowest BCUT2D eigenvalue weighted by Gasteiger charge is -2.29. The van der Waals surface area contributed by atoms with Crippen LogP contribution in [0, 0.1) is 0 Å². The number of hydrogen-bond acceptors (Lipinski definition) is 3. The van der Waals surface area contributed by atoms with Gasteiger partial charge in [0.05, 0.1) is 0 Å². The van der Waals surface area contributed by atoms with Crippen molar-refractivity contribution in [1.82, 2.24) is 4.90 Å². The van der Waals surface area contributed by atoms with Crippen molar-refractivity contribution in [3.63, 3.8) is 0 Å². The normalized spacial score (nSPS) is 30.4. The van der Waals surface area contributed by atoms with Crippen LogP contribution >= 0.6 is 16.3 Å². The maximum Gasteiger partial charge on any atom is 0.340 e. The molecule has 14 heavy (non-hydrogen) atoms. The first-order valence-corrected chi connectivity index (χ1v) is 5.20. The molecule has 5 heteroatoms. The van der Waals surface area contributed by atoms with Crippen molar-refractivity contribution in [2.45, 2.75) is 31.3 Å². The zero-order valence-electron chi connectivity index (χ0n) is 7.48. The minimum Gasteiger partial charge on any atom is -0.382 e. The summed E-state index contributed by atoms with van der Waals surface area (Å²) in [6, 6.07) is -0.221. The van der Waals surface area contributed by atoms with Crippen LogP contribution in [0.1, 0.15) is 19.3 Å². The van der Waals surface area contributed by atoms with E-state index in [0.29, 0.717) is 6.42 Å². The second-order valence-corrected chi connectivity index (χ2v) is 3.85. The fourth-order valence-electron chi connectivity index (χ4n) is 2.14. The summed E-state index contributed by atoms with van der Waals surface area (Å²) in [7, 11) is 0. The molecular weight excluding hydrogens is 250 g/mol. The van der Waals surface area contributed by atoms with E-state index >= 15 is 0 Å². The first-order chi connectivity index (χ1) is 6.74. The Morgan fingerprint density at radius 3 is 3.07 bits per heavy atom. The van der Waals surface area contributed by atoms with Crippen molar-refractivity contribution in [1.29, 1.82) is 0 Å². The van der Waals surface area contributed by atoms with Crippen molar-refractivity contribution in [3.05, 3.63) is 12.2 Å². The first-order valence-electron chi connectivity index (χ1n) is 4.55. The Morgan fingerprint density at radius 1 is 1.57 bits per heavy atom. The summed E-state index contributed by atoms with van der Waals surface area (Å²) in [5, 5.41) is 0. The minimum atomic E-state index is -0.406. The van der Waals surface area contributed by atoms with Crippen LogP contribution in [0.5, 0.6) is 0 Å². The molecule has 2 aliphatic rings. The summed E-state index contributed by atoms with van der Waals surface area (Å²) in [6.07, 6.45) is 5.81. The molecule has 2 atom stereocenters. The number of nitrogens with zero attached hydrogens (tertiary/aromatic N) is 1. The summed E-state index contributed by atoms with van der Waals surface area (Å²) in [6.45, 7) is 0. The van der Waals surface area contributed by atoms with E-state index in [1.807, 2.05) is 6.08 Å². The molecule has 2 aliphatic heterocycles. The molecule has 0 aliphatic carbocycles. The third-order valence-electron chi connectivity index (χ3n) is 2.77. The summed E-state index contributed by atoms with van der Waals surface area (Å²) in [5.74, 6) is -0.460. The number of amides is 1. The van der Waals surface area contributed by atoms with Gasteiger partial charge in [-0.25, -0.2) is 4.79 Å². The van der Waals surface area contributed by atoms with Gasteiger partial charge in [0.1, 0.15) is 6.04 Å². The summed E-state index contributed by atoms with van der Waals surface area (Å²) >= 11 is 2.66. The molecule has 0 aromatic carbocycles. The van der Waals surface area contributed by atoms with Crippen LogP contribution in [0.2, 0.25) is 0 Å². The Hall–Kier alpha value is -0.840. The zero-order chi connectivity index (χ0) is 10.1. The highest BCUT2D eigenvalue weighted by Crippen LogP contribution is 2.30. The van der Waals surface area contributed by atoms with E-state index in [2.05, 4.69) is 20.1 Å². The lowest BCUT2D eigenvalue weighted by molar-refractivity contribution is -0.144. The second-order valence-electron chi connectivity index (χ2n) is 3.53. The van der Waals surface area contributed by atoms with Crippen LogP contribution in [0.3, 0.4) is 0 Å². The number of hydrogen-bond donors (Lipinski definition) is 0. The fourth-order valence-corrected chi connectivity index (χ4v) is 2.36. The molecule has 1 saturated heterocycles. The monoisotopic (exact) mass is 259 g/mol. The zero-order valence-corrected chi connectivity index (χ0v) is 9.07. The van der Waals surface area contributed by atoms with Gasteiger partial charge in [0.2, 0.25) is 5.91 Å². The quantitative estimate of drug-likeness (QED) is 0.710. The van der Waals surface area contributed by atoms with Gasteiger partial charge in [-0.15, -0.1) is 0 Å². The van der Waals surface area contributed by atoms with E-state index in [-0.39, 0.29) is 17.9 Å². The minimum absolute atomic E-state index is 0.0818. The number of halogens is 1. The van der Waals surface area contributed by atoms with Crippen LogP contribution < -0.4 is 0 Å². The Bertz CT molecular complexity index is 302. The van der Waals surface area contributed by atoms with Crippen molar-refractivity contribution in [2.75, 3.05) is 0 Å². The van der Waals surface area contributed by atoms with Gasteiger partial charge < -0.3 is 8.73 Å². The Morgan fingerprint density at radius 2 is 2.36 bits per heavy atom. The van der Waals surface area contributed by atoms with Crippen molar-refractivity contribution < 1.29 is 13.4 Å². The largest absolute Gasteiger partial charge is 0.382 e. The number of carbonyl (C=O) groups excluding carboxylic acids is 2. The highest BCUT2D eigenvalue weighted by molar-refractivity contribution is 9.06. The van der Waals surface area contributed by atoms with E-state index < -0.39 is 6.04 Å². The van der Waals surface area contributed by atoms with Crippen molar-refractivity contribution in [3.8, 4) is 0 Å². The van der Waals surface area contributed by atoms with Crippen LogP contribution in [0.15, 0.2) is 12.2 Å². The van der Waals surface area contributed by atoms with Gasteiger partial charge in [0.25, 0.3) is 0 Å². The SMILES string of the molecule is O=C(OBr)C1CCC2CC=CC(=O)N21. The van der Waals surface area contributed by atoms with Crippen molar-refractivity contribution in [2.24, 2.45) is 0 Å². The summed E-state index contributed by atoms with van der Waals surface area (Å²) in [4.78, 5) is 24.5. The van der Waals surface area contributed by atoms with Crippen LogP contribution in [-0.2, 0) is 13.4 Å². The molecule has 0 N–H and O–H groups in total. The van der Waals surface area contributed by atoms with Crippen molar-refractivity contribution >= 4 is 28.1 Å². The predicted molar refractivity (Wildman–Crippen MR) is 52.4 cm³/mol. The number of carbonyl (C=O) groups is 2. The molecule has 76 valence electrons. The molecule has 2 unspecified atom stereocenters. The smallest absolute Gasteiger partial charge is 0.340 e. The van der Waals surface area contributed by atoms with Gasteiger partial charge in [-0.05, 0) is 25.3 Å². The molecular formula is C9H10BrNO3. The topological polar surface area (TPSA) is 46.6 Å². The van der Waals surface area contributed by atoms with E-state index in [1.54, 1.807) is 4.90 Å². The van der Waals surface area contributed by atoms with Crippen LogP contribution in [-0.4, -0.2) is 28.9 Å². The van der Waals surface area contributed by atoms with Crippen LogP contribution in [0.4, 0.5) is 0 Å². The molecule has 0 radical (unpaired) electrons.